The van der Waals surface area contributed by atoms with E-state index in [0.717, 1.165) is 23.1 Å². The second-order valence-corrected chi connectivity index (χ2v) is 5.96. The summed E-state index contributed by atoms with van der Waals surface area (Å²) in [6.07, 6.45) is 3.35. The summed E-state index contributed by atoms with van der Waals surface area (Å²) in [5, 5.41) is 8.11. The zero-order valence-corrected chi connectivity index (χ0v) is 13.2. The average molecular weight is 302 g/mol. The van der Waals surface area contributed by atoms with Gasteiger partial charge in [-0.1, -0.05) is 20.3 Å². The largest absolute Gasteiger partial charge is 0.306 e. The molecule has 0 unspecified atom stereocenters. The Hall–Kier alpha value is -0.350. The average Bonchev–Trinajstić information content (AvgIpc) is 2.51. The van der Waals surface area contributed by atoms with Crippen LogP contribution >= 0.6 is 15.9 Å². The first kappa shape index (κ1) is 14.7. The highest BCUT2D eigenvalue weighted by Crippen LogP contribution is 2.22. The molecule has 1 rings (SSSR count). The molecule has 0 aliphatic rings. The fraction of sp³-hybridized carbons (Fsp3) is 0.769. The van der Waals surface area contributed by atoms with Crippen LogP contribution in [0.1, 0.15) is 51.9 Å². The van der Waals surface area contributed by atoms with Gasteiger partial charge in [0.25, 0.3) is 0 Å². The van der Waals surface area contributed by atoms with Gasteiger partial charge in [-0.3, -0.25) is 4.68 Å². The third kappa shape index (κ3) is 3.81. The minimum Gasteiger partial charge on any atom is -0.306 e. The smallest absolute Gasteiger partial charge is 0.0767 e. The fourth-order valence-electron chi connectivity index (χ4n) is 2.05. The number of hydrogen-bond acceptors (Lipinski definition) is 2. The van der Waals surface area contributed by atoms with Crippen LogP contribution in [-0.2, 0) is 20.0 Å². The lowest BCUT2D eigenvalue weighted by Crippen LogP contribution is -2.38. The molecule has 0 saturated carbocycles. The maximum Gasteiger partial charge on any atom is 0.0767 e. The molecule has 0 aliphatic heterocycles. The van der Waals surface area contributed by atoms with Crippen LogP contribution < -0.4 is 5.32 Å². The number of halogens is 1. The minimum absolute atomic E-state index is 0.185. The highest BCUT2D eigenvalue weighted by molar-refractivity contribution is 9.10. The van der Waals surface area contributed by atoms with Gasteiger partial charge in [-0.15, -0.1) is 0 Å². The van der Waals surface area contributed by atoms with Gasteiger partial charge in [-0.2, -0.15) is 5.10 Å². The Labute approximate surface area is 113 Å². The summed E-state index contributed by atoms with van der Waals surface area (Å²) >= 11 is 3.65. The van der Waals surface area contributed by atoms with E-state index in [0.29, 0.717) is 0 Å². The summed E-state index contributed by atoms with van der Waals surface area (Å²) in [5.41, 5.74) is 2.55. The Morgan fingerprint density at radius 2 is 2.00 bits per heavy atom. The van der Waals surface area contributed by atoms with E-state index in [1.807, 2.05) is 11.7 Å². The zero-order valence-electron chi connectivity index (χ0n) is 11.6. The van der Waals surface area contributed by atoms with Crippen LogP contribution in [0.15, 0.2) is 4.47 Å². The zero-order chi connectivity index (χ0) is 13.1. The van der Waals surface area contributed by atoms with Gasteiger partial charge in [0, 0.05) is 19.1 Å². The quantitative estimate of drug-likeness (QED) is 0.872. The molecule has 1 aromatic rings. The van der Waals surface area contributed by atoms with E-state index in [1.54, 1.807) is 0 Å². The number of aromatic nitrogens is 2. The van der Waals surface area contributed by atoms with Gasteiger partial charge in [-0.25, -0.2) is 0 Å². The highest BCUT2D eigenvalue weighted by atomic mass is 79.9. The van der Waals surface area contributed by atoms with E-state index < -0.39 is 0 Å². The Morgan fingerprint density at radius 1 is 1.35 bits per heavy atom. The van der Waals surface area contributed by atoms with Crippen LogP contribution in [0.25, 0.3) is 0 Å². The molecule has 0 aliphatic carbocycles. The SMILES string of the molecule is CCCC(C)(C)NCc1c(Br)c(CC)nn1C. The minimum atomic E-state index is 0.185. The summed E-state index contributed by atoms with van der Waals surface area (Å²) in [6.45, 7) is 9.71. The van der Waals surface area contributed by atoms with Crippen molar-refractivity contribution in [3.8, 4) is 0 Å². The van der Waals surface area contributed by atoms with E-state index in [4.69, 9.17) is 0 Å². The van der Waals surface area contributed by atoms with Crippen molar-refractivity contribution in [1.82, 2.24) is 15.1 Å². The van der Waals surface area contributed by atoms with Crippen molar-refractivity contribution in [2.45, 2.75) is 59.0 Å². The van der Waals surface area contributed by atoms with Crippen LogP contribution in [0.4, 0.5) is 0 Å². The second-order valence-electron chi connectivity index (χ2n) is 5.17. The Morgan fingerprint density at radius 3 is 2.47 bits per heavy atom. The molecule has 0 aromatic carbocycles. The predicted molar refractivity (Wildman–Crippen MR) is 76.1 cm³/mol. The fourth-order valence-corrected chi connectivity index (χ4v) is 2.80. The molecule has 0 amide bonds. The van der Waals surface area contributed by atoms with Crippen molar-refractivity contribution in [3.05, 3.63) is 15.9 Å². The van der Waals surface area contributed by atoms with Crippen molar-refractivity contribution in [2.24, 2.45) is 7.05 Å². The standard InChI is InChI=1S/C13H24BrN3/c1-6-8-13(3,4)15-9-11-12(14)10(7-2)16-17(11)5/h15H,6-9H2,1-5H3. The number of nitrogens with one attached hydrogen (secondary N) is 1. The molecule has 0 spiro atoms. The van der Waals surface area contributed by atoms with E-state index in [2.05, 4.69) is 54.0 Å². The van der Waals surface area contributed by atoms with Gasteiger partial charge in [0.15, 0.2) is 0 Å². The van der Waals surface area contributed by atoms with Crippen molar-refractivity contribution in [3.63, 3.8) is 0 Å². The van der Waals surface area contributed by atoms with E-state index in [9.17, 15) is 0 Å². The molecule has 1 heterocycles. The van der Waals surface area contributed by atoms with Gasteiger partial charge >= 0.3 is 0 Å². The number of rotatable bonds is 6. The van der Waals surface area contributed by atoms with Gasteiger partial charge in [0.2, 0.25) is 0 Å². The second kappa shape index (κ2) is 6.01. The van der Waals surface area contributed by atoms with Crippen molar-refractivity contribution in [2.75, 3.05) is 0 Å². The Balaban J connectivity index is 2.72. The molecular weight excluding hydrogens is 278 g/mol. The van der Waals surface area contributed by atoms with Crippen LogP contribution in [0.5, 0.6) is 0 Å². The molecule has 3 nitrogen and oxygen atoms in total. The third-order valence-corrected chi connectivity index (χ3v) is 4.03. The van der Waals surface area contributed by atoms with Gasteiger partial charge in [0.05, 0.1) is 15.9 Å². The summed E-state index contributed by atoms with van der Waals surface area (Å²) in [5.74, 6) is 0. The summed E-state index contributed by atoms with van der Waals surface area (Å²) in [6, 6.07) is 0. The third-order valence-electron chi connectivity index (χ3n) is 3.11. The lowest BCUT2D eigenvalue weighted by atomic mass is 9.99. The van der Waals surface area contributed by atoms with E-state index >= 15 is 0 Å². The molecule has 0 radical (unpaired) electrons. The molecule has 1 aromatic heterocycles. The van der Waals surface area contributed by atoms with Gasteiger partial charge in [0.1, 0.15) is 0 Å². The van der Waals surface area contributed by atoms with Crippen LogP contribution in [0.3, 0.4) is 0 Å². The number of nitrogens with zero attached hydrogens (tertiary/aromatic N) is 2. The number of hydrogen-bond donors (Lipinski definition) is 1. The van der Waals surface area contributed by atoms with Crippen LogP contribution in [0.2, 0.25) is 0 Å². The van der Waals surface area contributed by atoms with Crippen molar-refractivity contribution < 1.29 is 0 Å². The topological polar surface area (TPSA) is 29.9 Å². The summed E-state index contributed by atoms with van der Waals surface area (Å²) in [7, 11) is 2.01. The molecule has 17 heavy (non-hydrogen) atoms. The van der Waals surface area contributed by atoms with Crippen molar-refractivity contribution >= 4 is 15.9 Å². The lowest BCUT2D eigenvalue weighted by molar-refractivity contribution is 0.351. The van der Waals surface area contributed by atoms with Gasteiger partial charge < -0.3 is 5.32 Å². The summed E-state index contributed by atoms with van der Waals surface area (Å²) < 4.78 is 3.13. The monoisotopic (exact) mass is 301 g/mol. The van der Waals surface area contributed by atoms with Crippen LogP contribution in [0, 0.1) is 0 Å². The number of aryl methyl sites for hydroxylation is 2. The van der Waals surface area contributed by atoms with E-state index in [-0.39, 0.29) is 5.54 Å². The lowest BCUT2D eigenvalue weighted by Gasteiger charge is -2.26. The molecule has 98 valence electrons. The molecule has 0 bridgehead atoms. The molecule has 0 fully saturated rings. The first-order valence-electron chi connectivity index (χ1n) is 6.36. The molecular formula is C13H24BrN3. The normalized spacial score (nSPS) is 12.1. The van der Waals surface area contributed by atoms with Gasteiger partial charge in [-0.05, 0) is 42.6 Å². The molecule has 4 heteroatoms. The first-order valence-corrected chi connectivity index (χ1v) is 7.15. The molecule has 0 saturated heterocycles. The maximum absolute atomic E-state index is 4.51. The first-order chi connectivity index (χ1) is 7.91. The van der Waals surface area contributed by atoms with E-state index in [1.165, 1.54) is 18.5 Å². The molecule has 1 N–H and O–H groups in total. The highest BCUT2D eigenvalue weighted by Gasteiger charge is 2.18. The maximum atomic E-state index is 4.51. The predicted octanol–water partition coefficient (Wildman–Crippen LogP) is 3.41. The van der Waals surface area contributed by atoms with Crippen LogP contribution in [-0.4, -0.2) is 15.3 Å². The Bertz CT molecular complexity index is 369. The molecule has 0 atom stereocenters. The van der Waals surface area contributed by atoms with Crippen molar-refractivity contribution in [1.29, 1.82) is 0 Å². The summed E-state index contributed by atoms with van der Waals surface area (Å²) in [4.78, 5) is 0. The Kier molecular flexibility index (Phi) is 5.20.